The van der Waals surface area contributed by atoms with Crippen LogP contribution in [0.15, 0.2) is 23.4 Å². The number of carboxylic acids is 1. The molecule has 128 valence electrons. The standard InChI is InChI=1S/C14H17F3N2O3S/c1-9(2)6-19(7-13(21)22)12(20)8-23-11-4-3-10(5-18-11)14(15,16)17/h3-5,9H,6-8H2,1-2H3,(H,21,22). The Morgan fingerprint density at radius 3 is 2.43 bits per heavy atom. The fraction of sp³-hybridized carbons (Fsp3) is 0.500. The normalized spacial score (nSPS) is 11.6. The third kappa shape index (κ3) is 6.89. The highest BCUT2D eigenvalue weighted by Crippen LogP contribution is 2.29. The average Bonchev–Trinajstić information content (AvgIpc) is 2.42. The van der Waals surface area contributed by atoms with Crippen molar-refractivity contribution in [1.82, 2.24) is 9.88 Å². The summed E-state index contributed by atoms with van der Waals surface area (Å²) in [6.45, 7) is 3.60. The van der Waals surface area contributed by atoms with Gasteiger partial charge < -0.3 is 10.0 Å². The van der Waals surface area contributed by atoms with Crippen molar-refractivity contribution in [2.24, 2.45) is 5.92 Å². The Morgan fingerprint density at radius 1 is 1.35 bits per heavy atom. The molecule has 0 fully saturated rings. The lowest BCUT2D eigenvalue weighted by atomic mass is 10.2. The number of hydrogen-bond donors (Lipinski definition) is 1. The van der Waals surface area contributed by atoms with Crippen molar-refractivity contribution in [2.45, 2.75) is 25.0 Å². The topological polar surface area (TPSA) is 70.5 Å². The van der Waals surface area contributed by atoms with Crippen LogP contribution in [0.25, 0.3) is 0 Å². The summed E-state index contributed by atoms with van der Waals surface area (Å²) >= 11 is 0.968. The van der Waals surface area contributed by atoms with E-state index in [0.717, 1.165) is 17.8 Å². The number of amides is 1. The number of carbonyl (C=O) groups is 2. The molecule has 0 aromatic carbocycles. The Bertz CT molecular complexity index is 547. The molecule has 0 saturated carbocycles. The summed E-state index contributed by atoms with van der Waals surface area (Å²) in [7, 11) is 0. The second kappa shape index (κ2) is 8.19. The zero-order valence-electron chi connectivity index (χ0n) is 12.6. The molecule has 1 aromatic heterocycles. The molecule has 0 radical (unpaired) electrons. The Hall–Kier alpha value is -1.77. The molecule has 1 aromatic rings. The van der Waals surface area contributed by atoms with E-state index in [2.05, 4.69) is 4.98 Å². The van der Waals surface area contributed by atoms with Gasteiger partial charge in [-0.05, 0) is 18.1 Å². The monoisotopic (exact) mass is 350 g/mol. The number of carbonyl (C=O) groups excluding carboxylic acids is 1. The zero-order valence-corrected chi connectivity index (χ0v) is 13.4. The molecule has 1 rings (SSSR count). The number of hydrogen-bond acceptors (Lipinski definition) is 4. The van der Waals surface area contributed by atoms with Crippen LogP contribution in [-0.2, 0) is 15.8 Å². The average molecular weight is 350 g/mol. The van der Waals surface area contributed by atoms with E-state index in [0.29, 0.717) is 12.7 Å². The predicted molar refractivity (Wildman–Crippen MR) is 79.0 cm³/mol. The summed E-state index contributed by atoms with van der Waals surface area (Å²) in [5, 5.41) is 9.09. The first-order valence-electron chi connectivity index (χ1n) is 6.75. The maximum absolute atomic E-state index is 12.4. The summed E-state index contributed by atoms with van der Waals surface area (Å²) in [6.07, 6.45) is -3.75. The van der Waals surface area contributed by atoms with Gasteiger partial charge in [-0.3, -0.25) is 9.59 Å². The van der Waals surface area contributed by atoms with Crippen molar-refractivity contribution in [1.29, 1.82) is 0 Å². The summed E-state index contributed by atoms with van der Waals surface area (Å²) in [5.41, 5.74) is -0.861. The van der Waals surface area contributed by atoms with Gasteiger partial charge in [-0.25, -0.2) is 4.98 Å². The van der Waals surface area contributed by atoms with Gasteiger partial charge in [0.15, 0.2) is 0 Å². The molecule has 23 heavy (non-hydrogen) atoms. The van der Waals surface area contributed by atoms with Crippen LogP contribution in [0.4, 0.5) is 13.2 Å². The molecule has 1 heterocycles. The highest BCUT2D eigenvalue weighted by molar-refractivity contribution is 7.99. The molecule has 0 aliphatic carbocycles. The second-order valence-corrected chi connectivity index (χ2v) is 6.23. The zero-order chi connectivity index (χ0) is 17.6. The van der Waals surface area contributed by atoms with Gasteiger partial charge in [0.05, 0.1) is 16.3 Å². The van der Waals surface area contributed by atoms with E-state index in [1.807, 2.05) is 13.8 Å². The molecule has 0 bridgehead atoms. The Labute approximate surface area is 135 Å². The first-order valence-corrected chi connectivity index (χ1v) is 7.73. The molecular formula is C14H17F3N2O3S. The molecule has 0 spiro atoms. The molecule has 0 aliphatic rings. The third-order valence-corrected chi connectivity index (χ3v) is 3.60. The van der Waals surface area contributed by atoms with Gasteiger partial charge in [0.2, 0.25) is 5.91 Å². The number of thioether (sulfide) groups is 1. The number of halogens is 3. The van der Waals surface area contributed by atoms with Gasteiger partial charge in [0.1, 0.15) is 6.54 Å². The molecule has 0 atom stereocenters. The van der Waals surface area contributed by atoms with Crippen molar-refractivity contribution in [2.75, 3.05) is 18.8 Å². The summed E-state index contributed by atoms with van der Waals surface area (Å²) in [4.78, 5) is 27.7. The largest absolute Gasteiger partial charge is 0.480 e. The fourth-order valence-corrected chi connectivity index (χ4v) is 2.46. The smallest absolute Gasteiger partial charge is 0.417 e. The van der Waals surface area contributed by atoms with E-state index in [1.54, 1.807) is 0 Å². The third-order valence-electron chi connectivity index (χ3n) is 2.67. The molecule has 9 heteroatoms. The Morgan fingerprint density at radius 2 is 2.00 bits per heavy atom. The SMILES string of the molecule is CC(C)CN(CC(=O)O)C(=O)CSc1ccc(C(F)(F)F)cn1. The van der Waals surface area contributed by atoms with E-state index < -0.39 is 30.2 Å². The highest BCUT2D eigenvalue weighted by atomic mass is 32.2. The van der Waals surface area contributed by atoms with Gasteiger partial charge in [0, 0.05) is 12.7 Å². The molecule has 0 aliphatic heterocycles. The fourth-order valence-electron chi connectivity index (χ4n) is 1.72. The molecule has 0 saturated heterocycles. The van der Waals surface area contributed by atoms with Crippen LogP contribution in [-0.4, -0.2) is 45.7 Å². The number of carboxylic acid groups (broad SMARTS) is 1. The van der Waals surface area contributed by atoms with Crippen molar-refractivity contribution < 1.29 is 27.9 Å². The van der Waals surface area contributed by atoms with Crippen LogP contribution < -0.4 is 0 Å². The van der Waals surface area contributed by atoms with E-state index >= 15 is 0 Å². The van der Waals surface area contributed by atoms with Crippen LogP contribution in [0.2, 0.25) is 0 Å². The second-order valence-electron chi connectivity index (χ2n) is 5.23. The first kappa shape index (κ1) is 19.3. The Kier molecular flexibility index (Phi) is 6.86. The number of aliphatic carboxylic acids is 1. The van der Waals surface area contributed by atoms with Crippen LogP contribution >= 0.6 is 11.8 Å². The van der Waals surface area contributed by atoms with Crippen molar-refractivity contribution in [3.63, 3.8) is 0 Å². The van der Waals surface area contributed by atoms with Gasteiger partial charge in [-0.15, -0.1) is 0 Å². The molecule has 1 amide bonds. The van der Waals surface area contributed by atoms with E-state index in [9.17, 15) is 22.8 Å². The lowest BCUT2D eigenvalue weighted by Crippen LogP contribution is -2.39. The van der Waals surface area contributed by atoms with Crippen LogP contribution in [0.3, 0.4) is 0 Å². The maximum Gasteiger partial charge on any atom is 0.417 e. The molecular weight excluding hydrogens is 333 g/mol. The van der Waals surface area contributed by atoms with Gasteiger partial charge in [-0.1, -0.05) is 25.6 Å². The van der Waals surface area contributed by atoms with Crippen LogP contribution in [0, 0.1) is 5.92 Å². The van der Waals surface area contributed by atoms with Gasteiger partial charge in [0.25, 0.3) is 0 Å². The van der Waals surface area contributed by atoms with E-state index in [4.69, 9.17) is 5.11 Å². The van der Waals surface area contributed by atoms with Crippen molar-refractivity contribution in [3.8, 4) is 0 Å². The van der Waals surface area contributed by atoms with Gasteiger partial charge >= 0.3 is 12.1 Å². The minimum absolute atomic E-state index is 0.0850. The van der Waals surface area contributed by atoms with E-state index in [-0.39, 0.29) is 16.7 Å². The molecule has 1 N–H and O–H groups in total. The maximum atomic E-state index is 12.4. The molecule has 5 nitrogen and oxygen atoms in total. The van der Waals surface area contributed by atoms with E-state index in [1.165, 1.54) is 11.0 Å². The van der Waals surface area contributed by atoms with Crippen molar-refractivity contribution in [3.05, 3.63) is 23.9 Å². The highest BCUT2D eigenvalue weighted by Gasteiger charge is 2.30. The Balaban J connectivity index is 2.64. The first-order chi connectivity index (χ1) is 10.6. The number of alkyl halides is 3. The molecule has 0 unspecified atom stereocenters. The lowest BCUT2D eigenvalue weighted by molar-refractivity contribution is -0.143. The summed E-state index contributed by atoms with van der Waals surface area (Å²) < 4.78 is 37.3. The number of rotatable bonds is 7. The van der Waals surface area contributed by atoms with Crippen LogP contribution in [0.5, 0.6) is 0 Å². The quantitative estimate of drug-likeness (QED) is 0.766. The number of aromatic nitrogens is 1. The summed E-state index contributed by atoms with van der Waals surface area (Å²) in [6, 6.07) is 2.08. The number of nitrogens with zero attached hydrogens (tertiary/aromatic N) is 2. The number of pyridine rings is 1. The van der Waals surface area contributed by atoms with Crippen LogP contribution in [0.1, 0.15) is 19.4 Å². The van der Waals surface area contributed by atoms with Gasteiger partial charge in [-0.2, -0.15) is 13.2 Å². The lowest BCUT2D eigenvalue weighted by Gasteiger charge is -2.22. The van der Waals surface area contributed by atoms with Crippen molar-refractivity contribution >= 4 is 23.6 Å². The summed E-state index contributed by atoms with van der Waals surface area (Å²) in [5.74, 6) is -1.49. The minimum Gasteiger partial charge on any atom is -0.480 e. The minimum atomic E-state index is -4.46. The predicted octanol–water partition coefficient (Wildman–Crippen LogP) is 2.76.